The Labute approximate surface area is 123 Å². The molecule has 0 aromatic heterocycles. The summed E-state index contributed by atoms with van der Waals surface area (Å²) in [6.45, 7) is 6.30. The van der Waals surface area contributed by atoms with Gasteiger partial charge in [-0.2, -0.15) is 0 Å². The maximum absolute atomic E-state index is 12.2. The van der Waals surface area contributed by atoms with Crippen molar-refractivity contribution >= 4 is 27.5 Å². The molecule has 1 fully saturated rings. The highest BCUT2D eigenvalue weighted by Crippen LogP contribution is 2.19. The summed E-state index contributed by atoms with van der Waals surface area (Å²) in [5.74, 6) is 0.771. The maximum atomic E-state index is 12.2. The summed E-state index contributed by atoms with van der Waals surface area (Å²) in [5.41, 5.74) is 0.852. The van der Waals surface area contributed by atoms with E-state index in [0.29, 0.717) is 5.92 Å². The summed E-state index contributed by atoms with van der Waals surface area (Å²) in [4.78, 5) is 14.5. The Hall–Kier alpha value is -0.870. The van der Waals surface area contributed by atoms with E-state index in [2.05, 4.69) is 33.1 Å². The zero-order valence-corrected chi connectivity index (χ0v) is 13.1. The van der Waals surface area contributed by atoms with Crippen LogP contribution in [0, 0.1) is 5.92 Å². The van der Waals surface area contributed by atoms with Crippen LogP contribution in [-0.4, -0.2) is 29.9 Å². The maximum Gasteiger partial charge on any atom is 0.241 e. The first-order chi connectivity index (χ1) is 9.06. The second-order valence-electron chi connectivity index (χ2n) is 5.41. The van der Waals surface area contributed by atoms with Crippen LogP contribution in [0.4, 0.5) is 5.69 Å². The van der Waals surface area contributed by atoms with Gasteiger partial charge >= 0.3 is 0 Å². The van der Waals surface area contributed by atoms with Gasteiger partial charge in [0, 0.05) is 16.7 Å². The average Bonchev–Trinajstić information content (AvgIpc) is 2.40. The highest BCUT2D eigenvalue weighted by Gasteiger charge is 2.25. The van der Waals surface area contributed by atoms with E-state index in [4.69, 9.17) is 0 Å². The van der Waals surface area contributed by atoms with Gasteiger partial charge in [-0.15, -0.1) is 0 Å². The normalized spacial score (nSPS) is 21.9. The SMILES string of the molecule is CC1CCCN(C(C)C(=O)Nc2ccc(Br)cc2)C1. The van der Waals surface area contributed by atoms with E-state index in [1.807, 2.05) is 31.2 Å². The van der Waals surface area contributed by atoms with Gasteiger partial charge in [-0.1, -0.05) is 22.9 Å². The summed E-state index contributed by atoms with van der Waals surface area (Å²) in [7, 11) is 0. The van der Waals surface area contributed by atoms with E-state index < -0.39 is 0 Å². The van der Waals surface area contributed by atoms with Gasteiger partial charge in [0.2, 0.25) is 5.91 Å². The lowest BCUT2D eigenvalue weighted by Crippen LogP contribution is -2.46. The van der Waals surface area contributed by atoms with E-state index >= 15 is 0 Å². The highest BCUT2D eigenvalue weighted by atomic mass is 79.9. The molecule has 3 nitrogen and oxygen atoms in total. The number of hydrogen-bond acceptors (Lipinski definition) is 2. The number of carbonyl (C=O) groups is 1. The highest BCUT2D eigenvalue weighted by molar-refractivity contribution is 9.10. The number of nitrogens with one attached hydrogen (secondary N) is 1. The summed E-state index contributed by atoms with van der Waals surface area (Å²) in [6.07, 6.45) is 2.47. The number of anilines is 1. The van der Waals surface area contributed by atoms with Crippen LogP contribution in [-0.2, 0) is 4.79 Å². The van der Waals surface area contributed by atoms with Crippen molar-refractivity contribution in [2.24, 2.45) is 5.92 Å². The van der Waals surface area contributed by atoms with E-state index in [0.717, 1.165) is 23.2 Å². The van der Waals surface area contributed by atoms with Gasteiger partial charge in [0.05, 0.1) is 6.04 Å². The fraction of sp³-hybridized carbons (Fsp3) is 0.533. The lowest BCUT2D eigenvalue weighted by Gasteiger charge is -2.34. The zero-order valence-electron chi connectivity index (χ0n) is 11.5. The Morgan fingerprint density at radius 3 is 2.74 bits per heavy atom. The largest absolute Gasteiger partial charge is 0.325 e. The molecule has 4 heteroatoms. The van der Waals surface area contributed by atoms with Gasteiger partial charge in [-0.25, -0.2) is 0 Å². The van der Waals surface area contributed by atoms with Crippen molar-refractivity contribution in [2.45, 2.75) is 32.7 Å². The van der Waals surface area contributed by atoms with Crippen LogP contribution in [0.3, 0.4) is 0 Å². The molecular weight excluding hydrogens is 304 g/mol. The average molecular weight is 325 g/mol. The number of rotatable bonds is 3. The van der Waals surface area contributed by atoms with Crippen LogP contribution < -0.4 is 5.32 Å². The number of nitrogens with zero attached hydrogens (tertiary/aromatic N) is 1. The molecule has 1 amide bonds. The summed E-state index contributed by atoms with van der Waals surface area (Å²) in [6, 6.07) is 7.62. The third-order valence-corrected chi connectivity index (χ3v) is 4.26. The standard InChI is InChI=1S/C15H21BrN2O/c1-11-4-3-9-18(10-11)12(2)15(19)17-14-7-5-13(16)6-8-14/h5-8,11-12H,3-4,9-10H2,1-2H3,(H,17,19). The van der Waals surface area contributed by atoms with E-state index in [1.165, 1.54) is 12.8 Å². The minimum atomic E-state index is -0.0635. The molecule has 1 aromatic rings. The van der Waals surface area contributed by atoms with Gasteiger partial charge < -0.3 is 5.32 Å². The van der Waals surface area contributed by atoms with Gasteiger partial charge in [-0.3, -0.25) is 9.69 Å². The molecule has 1 aromatic carbocycles. The molecule has 0 spiro atoms. The molecule has 2 rings (SSSR count). The molecule has 0 aliphatic carbocycles. The molecule has 2 atom stereocenters. The first kappa shape index (κ1) is 14.5. The van der Waals surface area contributed by atoms with E-state index in [9.17, 15) is 4.79 Å². The molecule has 2 unspecified atom stereocenters. The van der Waals surface area contributed by atoms with Crippen LogP contribution >= 0.6 is 15.9 Å². The number of amides is 1. The van der Waals surface area contributed by atoms with Crippen molar-refractivity contribution in [3.8, 4) is 0 Å². The molecule has 1 aliphatic rings. The second-order valence-corrected chi connectivity index (χ2v) is 6.33. The smallest absolute Gasteiger partial charge is 0.241 e. The summed E-state index contributed by atoms with van der Waals surface area (Å²) >= 11 is 3.39. The molecule has 0 radical (unpaired) electrons. The van der Waals surface area contributed by atoms with Gasteiger partial charge in [0.15, 0.2) is 0 Å². The van der Waals surface area contributed by atoms with Crippen molar-refractivity contribution in [3.05, 3.63) is 28.7 Å². The number of carbonyl (C=O) groups excluding carboxylic acids is 1. The van der Waals surface area contributed by atoms with Crippen LogP contribution in [0.25, 0.3) is 0 Å². The second kappa shape index (κ2) is 6.53. The minimum absolute atomic E-state index is 0.0635. The Morgan fingerprint density at radius 1 is 1.42 bits per heavy atom. The van der Waals surface area contributed by atoms with E-state index in [1.54, 1.807) is 0 Å². The molecule has 0 saturated carbocycles. The molecule has 1 heterocycles. The summed E-state index contributed by atoms with van der Waals surface area (Å²) < 4.78 is 1.02. The van der Waals surface area contributed by atoms with Crippen LogP contribution in [0.1, 0.15) is 26.7 Å². The predicted molar refractivity (Wildman–Crippen MR) is 82.2 cm³/mol. The monoisotopic (exact) mass is 324 g/mol. The first-order valence-corrected chi connectivity index (χ1v) is 7.66. The molecule has 1 aliphatic heterocycles. The molecule has 104 valence electrons. The summed E-state index contributed by atoms with van der Waals surface area (Å²) in [5, 5.41) is 2.98. The Morgan fingerprint density at radius 2 is 2.11 bits per heavy atom. The Kier molecular flexibility index (Phi) is 4.99. The van der Waals surface area contributed by atoms with Crippen LogP contribution in [0.2, 0.25) is 0 Å². The number of benzene rings is 1. The van der Waals surface area contributed by atoms with Gasteiger partial charge in [0.25, 0.3) is 0 Å². The third-order valence-electron chi connectivity index (χ3n) is 3.73. The van der Waals surface area contributed by atoms with Crippen LogP contribution in [0.15, 0.2) is 28.7 Å². The number of hydrogen-bond donors (Lipinski definition) is 1. The first-order valence-electron chi connectivity index (χ1n) is 6.87. The lowest BCUT2D eigenvalue weighted by atomic mass is 9.99. The molecular formula is C15H21BrN2O. The van der Waals surface area contributed by atoms with Crippen molar-refractivity contribution in [2.75, 3.05) is 18.4 Å². The van der Waals surface area contributed by atoms with Crippen molar-refractivity contribution in [1.82, 2.24) is 4.90 Å². The fourth-order valence-electron chi connectivity index (χ4n) is 2.52. The quantitative estimate of drug-likeness (QED) is 0.922. The third kappa shape index (κ3) is 4.05. The fourth-order valence-corrected chi connectivity index (χ4v) is 2.79. The number of piperidine rings is 1. The topological polar surface area (TPSA) is 32.3 Å². The molecule has 0 bridgehead atoms. The Bertz CT molecular complexity index is 432. The van der Waals surface area contributed by atoms with Crippen LogP contribution in [0.5, 0.6) is 0 Å². The number of halogens is 1. The van der Waals surface area contributed by atoms with Gasteiger partial charge in [-0.05, 0) is 56.5 Å². The molecule has 1 saturated heterocycles. The Balaban J connectivity index is 1.93. The van der Waals surface area contributed by atoms with Gasteiger partial charge in [0.1, 0.15) is 0 Å². The zero-order chi connectivity index (χ0) is 13.8. The lowest BCUT2D eigenvalue weighted by molar-refractivity contribution is -0.121. The van der Waals surface area contributed by atoms with Crippen molar-refractivity contribution in [3.63, 3.8) is 0 Å². The molecule has 19 heavy (non-hydrogen) atoms. The van der Waals surface area contributed by atoms with Crippen molar-refractivity contribution < 1.29 is 4.79 Å². The minimum Gasteiger partial charge on any atom is -0.325 e. The van der Waals surface area contributed by atoms with Crippen molar-refractivity contribution in [1.29, 1.82) is 0 Å². The number of likely N-dealkylation sites (tertiary alicyclic amines) is 1. The predicted octanol–water partition coefficient (Wildman–Crippen LogP) is 3.51. The molecule has 1 N–H and O–H groups in total. The van der Waals surface area contributed by atoms with E-state index in [-0.39, 0.29) is 11.9 Å².